The summed E-state index contributed by atoms with van der Waals surface area (Å²) in [5, 5.41) is 11.8. The highest BCUT2D eigenvalue weighted by Gasteiger charge is 2.03. The minimum absolute atomic E-state index is 0.159. The molecule has 0 fully saturated rings. The number of aromatic carboxylic acids is 1. The van der Waals surface area contributed by atoms with Crippen molar-refractivity contribution in [1.29, 1.82) is 0 Å². The van der Waals surface area contributed by atoms with Crippen LogP contribution in [0.5, 0.6) is 5.75 Å². The second-order valence-electron chi connectivity index (χ2n) is 3.59. The van der Waals surface area contributed by atoms with Crippen molar-refractivity contribution in [3.8, 4) is 5.75 Å². The van der Waals surface area contributed by atoms with Gasteiger partial charge in [-0.15, -0.1) is 0 Å². The van der Waals surface area contributed by atoms with E-state index in [0.29, 0.717) is 5.82 Å². The van der Waals surface area contributed by atoms with Crippen LogP contribution in [0.3, 0.4) is 0 Å². The Morgan fingerprint density at radius 1 is 1.33 bits per heavy atom. The third-order valence-electron chi connectivity index (χ3n) is 2.35. The van der Waals surface area contributed by atoms with E-state index < -0.39 is 5.97 Å². The van der Waals surface area contributed by atoms with Crippen LogP contribution in [0.15, 0.2) is 42.6 Å². The average molecular weight is 244 g/mol. The molecule has 0 atom stereocenters. The van der Waals surface area contributed by atoms with Gasteiger partial charge in [0.15, 0.2) is 0 Å². The van der Waals surface area contributed by atoms with Crippen LogP contribution in [0.2, 0.25) is 0 Å². The fourth-order valence-corrected chi connectivity index (χ4v) is 1.44. The van der Waals surface area contributed by atoms with Gasteiger partial charge in [-0.05, 0) is 24.3 Å². The third kappa shape index (κ3) is 2.76. The molecule has 0 radical (unpaired) electrons. The van der Waals surface area contributed by atoms with Crippen molar-refractivity contribution in [2.24, 2.45) is 0 Å². The summed E-state index contributed by atoms with van der Waals surface area (Å²) in [5.41, 5.74) is 0.983. The summed E-state index contributed by atoms with van der Waals surface area (Å²) in [6, 6.07) is 10.5. The zero-order chi connectivity index (χ0) is 13.0. The number of hydrogen-bond acceptors (Lipinski definition) is 4. The van der Waals surface area contributed by atoms with Crippen molar-refractivity contribution >= 4 is 17.5 Å². The Morgan fingerprint density at radius 2 is 2.17 bits per heavy atom. The monoisotopic (exact) mass is 244 g/mol. The van der Waals surface area contributed by atoms with E-state index in [9.17, 15) is 4.79 Å². The van der Waals surface area contributed by atoms with Gasteiger partial charge in [-0.3, -0.25) is 0 Å². The summed E-state index contributed by atoms with van der Waals surface area (Å²) in [5.74, 6) is 0.325. The molecule has 0 aliphatic heterocycles. The Morgan fingerprint density at radius 3 is 2.78 bits per heavy atom. The number of benzene rings is 1. The molecule has 1 aromatic heterocycles. The highest BCUT2D eigenvalue weighted by Crippen LogP contribution is 2.20. The molecular weight excluding hydrogens is 232 g/mol. The van der Waals surface area contributed by atoms with Gasteiger partial charge in [-0.25, -0.2) is 9.78 Å². The molecule has 2 aromatic rings. The third-order valence-corrected chi connectivity index (χ3v) is 2.35. The zero-order valence-electron chi connectivity index (χ0n) is 9.75. The fraction of sp³-hybridized carbons (Fsp3) is 0.0769. The van der Waals surface area contributed by atoms with Gasteiger partial charge in [0.05, 0.1) is 12.7 Å². The van der Waals surface area contributed by atoms with Gasteiger partial charge >= 0.3 is 5.97 Å². The van der Waals surface area contributed by atoms with Gasteiger partial charge in [-0.1, -0.05) is 6.07 Å². The Balaban J connectivity index is 2.15. The molecule has 1 aromatic carbocycles. The van der Waals surface area contributed by atoms with E-state index in [1.54, 1.807) is 13.2 Å². The first-order valence-corrected chi connectivity index (χ1v) is 5.29. The van der Waals surface area contributed by atoms with E-state index in [-0.39, 0.29) is 5.56 Å². The SMILES string of the molecule is COc1cccc(Nc2ccc(C(=O)O)cn2)c1. The highest BCUT2D eigenvalue weighted by atomic mass is 16.5. The number of methoxy groups -OCH3 is 1. The number of aromatic nitrogens is 1. The fourth-order valence-electron chi connectivity index (χ4n) is 1.44. The molecule has 18 heavy (non-hydrogen) atoms. The molecule has 0 unspecified atom stereocenters. The first kappa shape index (κ1) is 11.9. The summed E-state index contributed by atoms with van der Waals surface area (Å²) in [4.78, 5) is 14.7. The second kappa shape index (κ2) is 5.18. The molecule has 92 valence electrons. The molecule has 0 saturated carbocycles. The normalized spacial score (nSPS) is 9.83. The largest absolute Gasteiger partial charge is 0.497 e. The van der Waals surface area contributed by atoms with Crippen LogP contribution < -0.4 is 10.1 Å². The van der Waals surface area contributed by atoms with Crippen LogP contribution in [0, 0.1) is 0 Å². The number of carbonyl (C=O) groups is 1. The first-order chi connectivity index (χ1) is 8.69. The number of nitrogens with zero attached hydrogens (tertiary/aromatic N) is 1. The number of nitrogens with one attached hydrogen (secondary N) is 1. The lowest BCUT2D eigenvalue weighted by atomic mass is 10.2. The number of anilines is 2. The molecule has 0 aliphatic carbocycles. The zero-order valence-corrected chi connectivity index (χ0v) is 9.75. The maximum atomic E-state index is 10.7. The second-order valence-corrected chi connectivity index (χ2v) is 3.59. The van der Waals surface area contributed by atoms with Crippen LogP contribution in [-0.2, 0) is 0 Å². The van der Waals surface area contributed by atoms with Gasteiger partial charge in [0, 0.05) is 18.0 Å². The van der Waals surface area contributed by atoms with Crippen LogP contribution in [-0.4, -0.2) is 23.2 Å². The van der Waals surface area contributed by atoms with E-state index in [2.05, 4.69) is 10.3 Å². The maximum absolute atomic E-state index is 10.7. The van der Waals surface area contributed by atoms with E-state index in [1.807, 2.05) is 24.3 Å². The van der Waals surface area contributed by atoms with Crippen LogP contribution in [0.4, 0.5) is 11.5 Å². The highest BCUT2D eigenvalue weighted by molar-refractivity contribution is 5.87. The van der Waals surface area contributed by atoms with Crippen molar-refractivity contribution in [2.75, 3.05) is 12.4 Å². The van der Waals surface area contributed by atoms with E-state index in [0.717, 1.165) is 11.4 Å². The Hall–Kier alpha value is -2.56. The van der Waals surface area contributed by atoms with E-state index in [4.69, 9.17) is 9.84 Å². The molecule has 2 rings (SSSR count). The summed E-state index contributed by atoms with van der Waals surface area (Å²) in [6.07, 6.45) is 1.31. The van der Waals surface area contributed by atoms with Gasteiger partial charge in [0.25, 0.3) is 0 Å². The minimum atomic E-state index is -0.990. The van der Waals surface area contributed by atoms with Crippen molar-refractivity contribution < 1.29 is 14.6 Å². The maximum Gasteiger partial charge on any atom is 0.337 e. The number of pyridine rings is 1. The van der Waals surface area contributed by atoms with Gasteiger partial charge in [0.1, 0.15) is 11.6 Å². The predicted molar refractivity (Wildman–Crippen MR) is 67.5 cm³/mol. The van der Waals surface area contributed by atoms with E-state index in [1.165, 1.54) is 12.3 Å². The molecule has 0 saturated heterocycles. The van der Waals surface area contributed by atoms with Gasteiger partial charge in [-0.2, -0.15) is 0 Å². The molecule has 1 heterocycles. The van der Waals surface area contributed by atoms with Crippen molar-refractivity contribution in [1.82, 2.24) is 4.98 Å². The van der Waals surface area contributed by atoms with Gasteiger partial charge in [0.2, 0.25) is 0 Å². The number of carboxylic acid groups (broad SMARTS) is 1. The molecule has 5 nitrogen and oxygen atoms in total. The lowest BCUT2D eigenvalue weighted by molar-refractivity contribution is 0.0696. The van der Waals surface area contributed by atoms with Crippen molar-refractivity contribution in [3.05, 3.63) is 48.2 Å². The molecular formula is C13H12N2O3. The lowest BCUT2D eigenvalue weighted by Crippen LogP contribution is -1.99. The molecule has 2 N–H and O–H groups in total. The molecule has 0 amide bonds. The van der Waals surface area contributed by atoms with Crippen molar-refractivity contribution in [2.45, 2.75) is 0 Å². The predicted octanol–water partition coefficient (Wildman–Crippen LogP) is 2.53. The number of hydrogen-bond donors (Lipinski definition) is 2. The first-order valence-electron chi connectivity index (χ1n) is 5.29. The minimum Gasteiger partial charge on any atom is -0.497 e. The standard InChI is InChI=1S/C13H12N2O3/c1-18-11-4-2-3-10(7-11)15-12-6-5-9(8-14-12)13(16)17/h2-8H,1H3,(H,14,15)(H,16,17). The van der Waals surface area contributed by atoms with Crippen LogP contribution >= 0.6 is 0 Å². The van der Waals surface area contributed by atoms with Crippen molar-refractivity contribution in [3.63, 3.8) is 0 Å². The quantitative estimate of drug-likeness (QED) is 0.864. The van der Waals surface area contributed by atoms with Gasteiger partial charge < -0.3 is 15.2 Å². The molecule has 0 spiro atoms. The van der Waals surface area contributed by atoms with Crippen LogP contribution in [0.25, 0.3) is 0 Å². The summed E-state index contributed by atoms with van der Waals surface area (Å²) in [7, 11) is 1.60. The Kier molecular flexibility index (Phi) is 3.43. The Labute approximate surface area is 104 Å². The average Bonchev–Trinajstić information content (AvgIpc) is 2.39. The molecule has 0 bridgehead atoms. The van der Waals surface area contributed by atoms with Crippen LogP contribution in [0.1, 0.15) is 10.4 Å². The summed E-state index contributed by atoms with van der Waals surface area (Å²) >= 11 is 0. The Bertz CT molecular complexity index is 552. The number of ether oxygens (including phenoxy) is 1. The summed E-state index contributed by atoms with van der Waals surface area (Å²) in [6.45, 7) is 0. The molecule has 0 aliphatic rings. The van der Waals surface area contributed by atoms with E-state index >= 15 is 0 Å². The molecule has 5 heteroatoms. The number of rotatable bonds is 4. The smallest absolute Gasteiger partial charge is 0.337 e. The topological polar surface area (TPSA) is 71.5 Å². The summed E-state index contributed by atoms with van der Waals surface area (Å²) < 4.78 is 5.10. The number of carboxylic acids is 1. The lowest BCUT2D eigenvalue weighted by Gasteiger charge is -2.07.